The van der Waals surface area contributed by atoms with Crippen molar-refractivity contribution < 1.29 is 0 Å². The van der Waals surface area contributed by atoms with Gasteiger partial charge in [-0.05, 0) is 13.0 Å². The van der Waals surface area contributed by atoms with Gasteiger partial charge < -0.3 is 10.6 Å². The lowest BCUT2D eigenvalue weighted by Gasteiger charge is -2.39. The predicted octanol–water partition coefficient (Wildman–Crippen LogP) is 0.00880. The van der Waals surface area contributed by atoms with Gasteiger partial charge in [-0.2, -0.15) is 5.10 Å². The summed E-state index contributed by atoms with van der Waals surface area (Å²) in [5.41, 5.74) is 5.89. The summed E-state index contributed by atoms with van der Waals surface area (Å²) in [6.07, 6.45) is 1.66. The molecule has 1 aliphatic heterocycles. The Balaban J connectivity index is 2.01. The van der Waals surface area contributed by atoms with Gasteiger partial charge >= 0.3 is 0 Å². The fourth-order valence-corrected chi connectivity index (χ4v) is 2.57. The van der Waals surface area contributed by atoms with Crippen LogP contribution in [0.3, 0.4) is 0 Å². The molecule has 1 fully saturated rings. The van der Waals surface area contributed by atoms with E-state index in [-0.39, 0.29) is 0 Å². The fraction of sp³-hybridized carbons (Fsp3) is 0.846. The smallest absolute Gasteiger partial charge is 0.141 e. The molecule has 1 aromatic heterocycles. The minimum atomic E-state index is 0.419. The Morgan fingerprint density at radius 2 is 2.21 bits per heavy atom. The average Bonchev–Trinajstić information content (AvgIpc) is 2.78. The van der Waals surface area contributed by atoms with E-state index in [1.807, 2.05) is 4.68 Å². The molecule has 6 heteroatoms. The third-order valence-electron chi connectivity index (χ3n) is 3.66. The lowest BCUT2D eigenvalue weighted by atomic mass is 10.1. The van der Waals surface area contributed by atoms with Crippen LogP contribution in [0.5, 0.6) is 0 Å². The number of hydrogen-bond acceptors (Lipinski definition) is 5. The van der Waals surface area contributed by atoms with Crippen molar-refractivity contribution in [1.82, 2.24) is 24.6 Å². The molecule has 1 saturated heterocycles. The minimum absolute atomic E-state index is 0.419. The number of aromatic nitrogens is 3. The minimum Gasteiger partial charge on any atom is -0.329 e. The Morgan fingerprint density at radius 3 is 2.89 bits per heavy atom. The van der Waals surface area contributed by atoms with Crippen LogP contribution < -0.4 is 5.73 Å². The molecule has 1 atom stereocenters. The molecule has 1 aromatic rings. The number of nitrogens with zero attached hydrogens (tertiary/aromatic N) is 5. The van der Waals surface area contributed by atoms with Gasteiger partial charge in [-0.1, -0.05) is 13.8 Å². The Hall–Kier alpha value is -0.980. The molecule has 1 unspecified atom stereocenters. The highest BCUT2D eigenvalue weighted by Gasteiger charge is 2.25. The molecule has 0 radical (unpaired) electrons. The zero-order valence-electron chi connectivity index (χ0n) is 12.3. The molecule has 2 rings (SSSR count). The molecule has 108 valence electrons. The molecule has 0 bridgehead atoms. The Kier molecular flexibility index (Phi) is 4.90. The SMILES string of the molecule is CC(C)Cn1ncnc1CN1CCN(C)CC1CN. The predicted molar refractivity (Wildman–Crippen MR) is 75.6 cm³/mol. The van der Waals surface area contributed by atoms with Crippen LogP contribution in [0.2, 0.25) is 0 Å². The van der Waals surface area contributed by atoms with E-state index < -0.39 is 0 Å². The second kappa shape index (κ2) is 6.45. The summed E-state index contributed by atoms with van der Waals surface area (Å²) in [6, 6.07) is 0.419. The summed E-state index contributed by atoms with van der Waals surface area (Å²) in [4.78, 5) is 9.18. The zero-order chi connectivity index (χ0) is 13.8. The van der Waals surface area contributed by atoms with E-state index in [2.05, 4.69) is 40.8 Å². The fourth-order valence-electron chi connectivity index (χ4n) is 2.57. The summed E-state index contributed by atoms with van der Waals surface area (Å²) in [6.45, 7) is 10.0. The molecular formula is C13H26N6. The van der Waals surface area contributed by atoms with Gasteiger partial charge in [0.05, 0.1) is 6.54 Å². The zero-order valence-corrected chi connectivity index (χ0v) is 12.3. The van der Waals surface area contributed by atoms with Crippen molar-refractivity contribution in [1.29, 1.82) is 0 Å². The first kappa shape index (κ1) is 14.4. The average molecular weight is 266 g/mol. The molecule has 2 heterocycles. The van der Waals surface area contributed by atoms with Crippen LogP contribution >= 0.6 is 0 Å². The third kappa shape index (κ3) is 3.75. The maximum atomic E-state index is 5.89. The summed E-state index contributed by atoms with van der Waals surface area (Å²) in [5, 5.41) is 4.32. The molecule has 0 amide bonds. The van der Waals surface area contributed by atoms with Gasteiger partial charge in [0.15, 0.2) is 0 Å². The highest BCUT2D eigenvalue weighted by Crippen LogP contribution is 2.12. The third-order valence-corrected chi connectivity index (χ3v) is 3.66. The number of piperazine rings is 1. The van der Waals surface area contributed by atoms with E-state index >= 15 is 0 Å². The van der Waals surface area contributed by atoms with Crippen molar-refractivity contribution >= 4 is 0 Å². The van der Waals surface area contributed by atoms with Crippen molar-refractivity contribution in [3.05, 3.63) is 12.2 Å². The molecule has 1 aliphatic rings. The van der Waals surface area contributed by atoms with E-state index in [1.165, 1.54) is 0 Å². The molecular weight excluding hydrogens is 240 g/mol. The van der Waals surface area contributed by atoms with Crippen molar-refractivity contribution in [2.75, 3.05) is 33.2 Å². The highest BCUT2D eigenvalue weighted by molar-refractivity contribution is 4.90. The lowest BCUT2D eigenvalue weighted by Crippen LogP contribution is -2.54. The summed E-state index contributed by atoms with van der Waals surface area (Å²) in [7, 11) is 2.15. The van der Waals surface area contributed by atoms with E-state index in [0.29, 0.717) is 18.5 Å². The lowest BCUT2D eigenvalue weighted by molar-refractivity contribution is 0.0842. The molecule has 0 aromatic carbocycles. The van der Waals surface area contributed by atoms with Gasteiger partial charge in [-0.3, -0.25) is 4.90 Å². The van der Waals surface area contributed by atoms with Crippen LogP contribution in [0.25, 0.3) is 0 Å². The second-order valence-electron chi connectivity index (χ2n) is 5.87. The first-order valence-corrected chi connectivity index (χ1v) is 7.09. The van der Waals surface area contributed by atoms with Crippen molar-refractivity contribution in [2.24, 2.45) is 11.7 Å². The van der Waals surface area contributed by atoms with Crippen molar-refractivity contribution in [3.63, 3.8) is 0 Å². The first-order chi connectivity index (χ1) is 9.10. The van der Waals surface area contributed by atoms with Crippen LogP contribution in [0.4, 0.5) is 0 Å². The van der Waals surface area contributed by atoms with Crippen molar-refractivity contribution in [2.45, 2.75) is 33.0 Å². The van der Waals surface area contributed by atoms with Crippen LogP contribution in [0.15, 0.2) is 6.33 Å². The quantitative estimate of drug-likeness (QED) is 0.813. The van der Waals surface area contributed by atoms with Crippen LogP contribution in [-0.4, -0.2) is 63.8 Å². The second-order valence-corrected chi connectivity index (χ2v) is 5.87. The molecule has 0 spiro atoms. The molecule has 0 aliphatic carbocycles. The monoisotopic (exact) mass is 266 g/mol. The Bertz CT molecular complexity index is 388. The molecule has 19 heavy (non-hydrogen) atoms. The molecule has 6 nitrogen and oxygen atoms in total. The normalized spacial score (nSPS) is 22.3. The maximum absolute atomic E-state index is 5.89. The maximum Gasteiger partial charge on any atom is 0.141 e. The van der Waals surface area contributed by atoms with Gasteiger partial charge in [0.1, 0.15) is 12.2 Å². The van der Waals surface area contributed by atoms with Gasteiger partial charge in [0.25, 0.3) is 0 Å². The van der Waals surface area contributed by atoms with Crippen LogP contribution in [0, 0.1) is 5.92 Å². The van der Waals surface area contributed by atoms with Crippen LogP contribution in [-0.2, 0) is 13.1 Å². The van der Waals surface area contributed by atoms with E-state index in [1.54, 1.807) is 6.33 Å². The largest absolute Gasteiger partial charge is 0.329 e. The van der Waals surface area contributed by atoms with E-state index in [0.717, 1.165) is 38.5 Å². The van der Waals surface area contributed by atoms with Gasteiger partial charge in [0, 0.05) is 38.8 Å². The van der Waals surface area contributed by atoms with E-state index in [4.69, 9.17) is 5.73 Å². The van der Waals surface area contributed by atoms with Gasteiger partial charge in [-0.25, -0.2) is 9.67 Å². The number of hydrogen-bond donors (Lipinski definition) is 1. The Labute approximate surface area is 115 Å². The van der Waals surface area contributed by atoms with Crippen LogP contribution in [0.1, 0.15) is 19.7 Å². The molecule has 2 N–H and O–H groups in total. The topological polar surface area (TPSA) is 63.2 Å². The number of likely N-dealkylation sites (N-methyl/N-ethyl adjacent to an activating group) is 1. The Morgan fingerprint density at radius 1 is 1.42 bits per heavy atom. The summed E-state index contributed by atoms with van der Waals surface area (Å²) < 4.78 is 2.02. The van der Waals surface area contributed by atoms with E-state index in [9.17, 15) is 0 Å². The molecule has 0 saturated carbocycles. The van der Waals surface area contributed by atoms with Gasteiger partial charge in [0.2, 0.25) is 0 Å². The highest BCUT2D eigenvalue weighted by atomic mass is 15.4. The number of rotatable bonds is 5. The number of nitrogens with two attached hydrogens (primary N) is 1. The summed E-state index contributed by atoms with van der Waals surface area (Å²) in [5.74, 6) is 1.63. The standard InChI is InChI=1S/C13H26N6/c1-11(2)7-19-13(15-10-16-19)9-18-5-4-17(3)8-12(18)6-14/h10-12H,4-9,14H2,1-3H3. The first-order valence-electron chi connectivity index (χ1n) is 7.09. The summed E-state index contributed by atoms with van der Waals surface area (Å²) >= 11 is 0. The van der Waals surface area contributed by atoms with Crippen molar-refractivity contribution in [3.8, 4) is 0 Å². The van der Waals surface area contributed by atoms with Gasteiger partial charge in [-0.15, -0.1) is 0 Å².